The summed E-state index contributed by atoms with van der Waals surface area (Å²) in [7, 11) is 1.38. The van der Waals surface area contributed by atoms with E-state index in [1.165, 1.54) is 25.3 Å². The van der Waals surface area contributed by atoms with E-state index in [0.717, 1.165) is 16.7 Å². The van der Waals surface area contributed by atoms with Crippen LogP contribution in [0, 0.1) is 0 Å². The second-order valence-electron chi connectivity index (χ2n) is 4.71. The zero-order chi connectivity index (χ0) is 18.6. The molecule has 132 valence electrons. The number of hydrogen-bond donors (Lipinski definition) is 0. The lowest BCUT2D eigenvalue weighted by molar-refractivity contribution is -0.308. The molecule has 2 rings (SSSR count). The first-order chi connectivity index (χ1) is 11.8. The molecule has 1 amide bonds. The number of amides is 1. The molecular weight excluding hydrogens is 370 g/mol. The number of methoxy groups -OCH3 is 1. The Kier molecular flexibility index (Phi) is 5.99. The van der Waals surface area contributed by atoms with Crippen molar-refractivity contribution in [1.29, 1.82) is 0 Å². The number of carbonyl (C=O) groups excluding carboxylic acids is 3. The number of rotatable bonds is 7. The van der Waals surface area contributed by atoms with Gasteiger partial charge in [-0.25, -0.2) is 0 Å². The second kappa shape index (κ2) is 7.99. The summed E-state index contributed by atoms with van der Waals surface area (Å²) in [4.78, 5) is 34.5. The maximum absolute atomic E-state index is 12.2. The molecule has 0 spiro atoms. The molecule has 1 aliphatic heterocycles. The molecule has 0 aromatic heterocycles. The Bertz CT molecular complexity index is 775. The number of aliphatic carboxylic acids is 2. The van der Waals surface area contributed by atoms with E-state index in [1.54, 1.807) is 6.07 Å². The summed E-state index contributed by atoms with van der Waals surface area (Å²) in [5.74, 6) is -2.85. The Balaban J connectivity index is 2.23. The number of thiocarbonyl (C=S) groups is 1. The highest BCUT2D eigenvalue weighted by Crippen LogP contribution is 2.34. The van der Waals surface area contributed by atoms with Crippen LogP contribution in [0.15, 0.2) is 23.1 Å². The van der Waals surface area contributed by atoms with Gasteiger partial charge in [0.05, 0.1) is 30.5 Å². The molecule has 25 heavy (non-hydrogen) atoms. The van der Waals surface area contributed by atoms with Crippen molar-refractivity contribution in [2.45, 2.75) is 0 Å². The average Bonchev–Trinajstić information content (AvgIpc) is 2.80. The molecule has 0 N–H and O–H groups in total. The van der Waals surface area contributed by atoms with Gasteiger partial charge in [0.25, 0.3) is 5.91 Å². The lowest BCUT2D eigenvalue weighted by atomic mass is 10.2. The lowest BCUT2D eigenvalue weighted by Crippen LogP contribution is -2.40. The molecule has 0 aliphatic carbocycles. The topological polar surface area (TPSA) is 119 Å². The van der Waals surface area contributed by atoms with Gasteiger partial charge in [-0.15, -0.1) is 0 Å². The molecule has 0 bridgehead atoms. The van der Waals surface area contributed by atoms with Crippen molar-refractivity contribution in [3.8, 4) is 11.5 Å². The molecule has 1 heterocycles. The number of carboxylic acids is 2. The molecule has 1 aliphatic rings. The van der Waals surface area contributed by atoms with Crippen molar-refractivity contribution >= 4 is 52.2 Å². The molecule has 0 atom stereocenters. The standard InChI is InChI=1S/C15H13NO7S2/c1-22-10-4-8(2-3-9(10)23-7-13(19)20)5-11-14(21)16(6-12(17)18)15(24)25-11/h2-5H,6-7H2,1H3,(H,17,18)(H,19,20)/p-2/b11-5+. The summed E-state index contributed by atoms with van der Waals surface area (Å²) in [6.07, 6.45) is 1.51. The van der Waals surface area contributed by atoms with E-state index in [0.29, 0.717) is 5.56 Å². The number of nitrogens with zero attached hydrogens (tertiary/aromatic N) is 1. The van der Waals surface area contributed by atoms with Crippen LogP contribution in [0.2, 0.25) is 0 Å². The first-order valence-corrected chi connectivity index (χ1v) is 8.00. The minimum Gasteiger partial charge on any atom is -0.548 e. The quantitative estimate of drug-likeness (QED) is 0.423. The average molecular weight is 381 g/mol. The fourth-order valence-electron chi connectivity index (χ4n) is 1.95. The third-order valence-corrected chi connectivity index (χ3v) is 4.37. The fraction of sp³-hybridized carbons (Fsp3) is 0.200. The minimum absolute atomic E-state index is 0.126. The molecule has 1 saturated heterocycles. The third kappa shape index (κ3) is 4.70. The van der Waals surface area contributed by atoms with Crippen molar-refractivity contribution in [2.75, 3.05) is 20.3 Å². The van der Waals surface area contributed by atoms with Crippen molar-refractivity contribution in [1.82, 2.24) is 4.90 Å². The molecule has 8 nitrogen and oxygen atoms in total. The van der Waals surface area contributed by atoms with Crippen LogP contribution in [0.4, 0.5) is 0 Å². The Morgan fingerprint density at radius 3 is 2.60 bits per heavy atom. The van der Waals surface area contributed by atoms with Gasteiger partial charge in [0.2, 0.25) is 0 Å². The normalized spacial score (nSPS) is 15.6. The van der Waals surface area contributed by atoms with Crippen LogP contribution in [0.1, 0.15) is 5.56 Å². The number of carboxylic acid groups (broad SMARTS) is 2. The van der Waals surface area contributed by atoms with Crippen LogP contribution in [-0.2, 0) is 14.4 Å². The fourth-order valence-corrected chi connectivity index (χ4v) is 3.20. The zero-order valence-electron chi connectivity index (χ0n) is 12.8. The van der Waals surface area contributed by atoms with Gasteiger partial charge < -0.3 is 29.3 Å². The predicted molar refractivity (Wildman–Crippen MR) is 88.4 cm³/mol. The first-order valence-electron chi connectivity index (χ1n) is 6.77. The number of thioether (sulfide) groups is 1. The minimum atomic E-state index is -1.41. The van der Waals surface area contributed by atoms with Gasteiger partial charge in [0, 0.05) is 0 Å². The molecular formula is C15H11NO7S2-2. The van der Waals surface area contributed by atoms with Crippen LogP contribution in [0.25, 0.3) is 6.08 Å². The highest BCUT2D eigenvalue weighted by molar-refractivity contribution is 8.26. The summed E-state index contributed by atoms with van der Waals surface area (Å²) in [5.41, 5.74) is 0.562. The van der Waals surface area contributed by atoms with Gasteiger partial charge >= 0.3 is 0 Å². The summed E-state index contributed by atoms with van der Waals surface area (Å²) in [6.45, 7) is -1.24. The first kappa shape index (κ1) is 18.7. The molecule has 0 unspecified atom stereocenters. The largest absolute Gasteiger partial charge is 0.548 e. The summed E-state index contributed by atoms with van der Waals surface area (Å²) >= 11 is 5.96. The third-order valence-electron chi connectivity index (χ3n) is 2.99. The Labute approximate surface area is 152 Å². The van der Waals surface area contributed by atoms with Gasteiger partial charge in [-0.05, 0) is 23.8 Å². The van der Waals surface area contributed by atoms with Crippen molar-refractivity contribution < 1.29 is 34.1 Å². The lowest BCUT2D eigenvalue weighted by Gasteiger charge is -2.14. The van der Waals surface area contributed by atoms with E-state index < -0.39 is 31.0 Å². The number of carbonyl (C=O) groups is 3. The zero-order valence-corrected chi connectivity index (χ0v) is 14.5. The van der Waals surface area contributed by atoms with Gasteiger partial charge in [-0.1, -0.05) is 30.0 Å². The number of benzene rings is 1. The summed E-state index contributed by atoms with van der Waals surface area (Å²) in [5, 5.41) is 21.1. The maximum Gasteiger partial charge on any atom is 0.266 e. The Morgan fingerprint density at radius 1 is 1.28 bits per heavy atom. The van der Waals surface area contributed by atoms with E-state index in [9.17, 15) is 24.6 Å². The highest BCUT2D eigenvalue weighted by Gasteiger charge is 2.31. The van der Waals surface area contributed by atoms with Crippen LogP contribution >= 0.6 is 24.0 Å². The Morgan fingerprint density at radius 2 is 2.00 bits per heavy atom. The van der Waals surface area contributed by atoms with E-state index in [4.69, 9.17) is 21.7 Å². The van der Waals surface area contributed by atoms with Crippen LogP contribution in [0.3, 0.4) is 0 Å². The second-order valence-corrected chi connectivity index (χ2v) is 6.39. The van der Waals surface area contributed by atoms with E-state index in [1.807, 2.05) is 0 Å². The number of hydrogen-bond acceptors (Lipinski definition) is 9. The van der Waals surface area contributed by atoms with Gasteiger partial charge in [0.15, 0.2) is 11.5 Å². The van der Waals surface area contributed by atoms with E-state index in [-0.39, 0.29) is 20.7 Å². The van der Waals surface area contributed by atoms with Gasteiger partial charge in [-0.2, -0.15) is 0 Å². The maximum atomic E-state index is 12.2. The molecule has 0 radical (unpaired) electrons. The predicted octanol–water partition coefficient (Wildman–Crippen LogP) is -1.22. The molecule has 1 aromatic rings. The van der Waals surface area contributed by atoms with Crippen molar-refractivity contribution in [2.24, 2.45) is 0 Å². The van der Waals surface area contributed by atoms with Crippen molar-refractivity contribution in [3.63, 3.8) is 0 Å². The molecule has 1 aromatic carbocycles. The van der Waals surface area contributed by atoms with E-state index in [2.05, 4.69) is 0 Å². The highest BCUT2D eigenvalue weighted by atomic mass is 32.2. The van der Waals surface area contributed by atoms with Gasteiger partial charge in [0.1, 0.15) is 10.9 Å². The summed E-state index contributed by atoms with van der Waals surface area (Å²) in [6, 6.07) is 4.60. The molecule has 1 fully saturated rings. The summed E-state index contributed by atoms with van der Waals surface area (Å²) < 4.78 is 10.3. The van der Waals surface area contributed by atoms with Gasteiger partial charge in [-0.3, -0.25) is 9.69 Å². The van der Waals surface area contributed by atoms with Crippen LogP contribution < -0.4 is 19.7 Å². The SMILES string of the molecule is COc1cc(/C=C2/SC(=S)N(CC(=O)[O-])C2=O)ccc1OCC(=O)[O-]. The molecule has 0 saturated carbocycles. The molecule has 10 heteroatoms. The van der Waals surface area contributed by atoms with Crippen LogP contribution in [-0.4, -0.2) is 47.3 Å². The smallest absolute Gasteiger partial charge is 0.266 e. The monoisotopic (exact) mass is 381 g/mol. The number of ether oxygens (including phenoxy) is 2. The Hall–Kier alpha value is -2.59. The van der Waals surface area contributed by atoms with E-state index >= 15 is 0 Å². The van der Waals surface area contributed by atoms with Crippen molar-refractivity contribution in [3.05, 3.63) is 28.7 Å². The van der Waals surface area contributed by atoms with Crippen LogP contribution in [0.5, 0.6) is 11.5 Å².